The summed E-state index contributed by atoms with van der Waals surface area (Å²) in [6, 6.07) is 7.76. The lowest BCUT2D eigenvalue weighted by atomic mass is 9.95. The van der Waals surface area contributed by atoms with Crippen LogP contribution in [-0.2, 0) is 12.7 Å². The third kappa shape index (κ3) is 3.71. The highest BCUT2D eigenvalue weighted by Crippen LogP contribution is 2.36. The number of fused-ring (bicyclic) bond motifs is 1. The van der Waals surface area contributed by atoms with Crippen molar-refractivity contribution in [1.29, 1.82) is 0 Å². The zero-order valence-electron chi connectivity index (χ0n) is 16.2. The monoisotopic (exact) mass is 434 g/mol. The standard InChI is InChI=1S/C21H21F3N4OS/c22-21(23,24)14-8-9-18-17(11-14)25-19(27(18)12-16-7-4-10-29-16)26-20-28(13-30-20)15-5-2-1-3-6-15/h4,7-11,15H,1-3,5-6,12-13H2/b26-20-. The largest absolute Gasteiger partial charge is 0.467 e. The Labute approximate surface area is 176 Å². The lowest BCUT2D eigenvalue weighted by molar-refractivity contribution is -0.137. The van der Waals surface area contributed by atoms with Gasteiger partial charge in [-0.2, -0.15) is 18.2 Å². The minimum Gasteiger partial charge on any atom is -0.467 e. The summed E-state index contributed by atoms with van der Waals surface area (Å²) < 4.78 is 46.8. The van der Waals surface area contributed by atoms with E-state index in [1.807, 2.05) is 10.6 Å². The highest BCUT2D eigenvalue weighted by molar-refractivity contribution is 8.15. The van der Waals surface area contributed by atoms with Crippen LogP contribution in [0.4, 0.5) is 19.1 Å². The smallest absolute Gasteiger partial charge is 0.416 e. The molecule has 2 fully saturated rings. The van der Waals surface area contributed by atoms with E-state index in [-0.39, 0.29) is 5.52 Å². The molecule has 30 heavy (non-hydrogen) atoms. The lowest BCUT2D eigenvalue weighted by Crippen LogP contribution is -2.46. The van der Waals surface area contributed by atoms with Crippen molar-refractivity contribution in [3.63, 3.8) is 0 Å². The van der Waals surface area contributed by atoms with Gasteiger partial charge in [0.25, 0.3) is 0 Å². The van der Waals surface area contributed by atoms with Gasteiger partial charge in [-0.3, -0.25) is 0 Å². The zero-order chi connectivity index (χ0) is 20.7. The second kappa shape index (κ2) is 7.68. The molecule has 3 aromatic rings. The second-order valence-corrected chi connectivity index (χ2v) is 8.62. The van der Waals surface area contributed by atoms with Crippen LogP contribution in [-0.4, -0.2) is 31.5 Å². The van der Waals surface area contributed by atoms with Crippen LogP contribution in [0.15, 0.2) is 46.0 Å². The van der Waals surface area contributed by atoms with E-state index < -0.39 is 11.7 Å². The number of benzene rings is 1. The van der Waals surface area contributed by atoms with Crippen LogP contribution < -0.4 is 0 Å². The van der Waals surface area contributed by atoms with Crippen molar-refractivity contribution in [2.24, 2.45) is 4.99 Å². The molecular weight excluding hydrogens is 413 g/mol. The Hall–Kier alpha value is -2.42. The normalized spacial score (nSPS) is 19.6. The number of aliphatic imine (C=N–C) groups is 1. The number of hydrogen-bond donors (Lipinski definition) is 0. The van der Waals surface area contributed by atoms with Crippen molar-refractivity contribution in [1.82, 2.24) is 14.5 Å². The molecule has 0 amide bonds. The fourth-order valence-corrected chi connectivity index (χ4v) is 5.03. The summed E-state index contributed by atoms with van der Waals surface area (Å²) in [5.41, 5.74) is 0.176. The average Bonchev–Trinajstić information content (AvgIpc) is 3.33. The molecule has 0 unspecified atom stereocenters. The van der Waals surface area contributed by atoms with E-state index in [2.05, 4.69) is 9.88 Å². The molecule has 0 radical (unpaired) electrons. The molecule has 1 saturated heterocycles. The number of imidazole rings is 1. The van der Waals surface area contributed by atoms with Gasteiger partial charge in [0.2, 0.25) is 5.95 Å². The van der Waals surface area contributed by atoms with Crippen LogP contribution in [0.5, 0.6) is 0 Å². The Balaban J connectivity index is 1.54. The number of aromatic nitrogens is 2. The van der Waals surface area contributed by atoms with Gasteiger partial charge in [0.05, 0.1) is 35.3 Å². The second-order valence-electron chi connectivity index (χ2n) is 7.71. The molecule has 3 heterocycles. The van der Waals surface area contributed by atoms with Crippen molar-refractivity contribution in [3.8, 4) is 0 Å². The van der Waals surface area contributed by atoms with Gasteiger partial charge >= 0.3 is 6.18 Å². The average molecular weight is 434 g/mol. The Morgan fingerprint density at radius 1 is 1.17 bits per heavy atom. The number of alkyl halides is 3. The molecule has 5 nitrogen and oxygen atoms in total. The topological polar surface area (TPSA) is 46.6 Å². The fraction of sp³-hybridized carbons (Fsp3) is 0.429. The minimum atomic E-state index is -4.41. The maximum absolute atomic E-state index is 13.2. The van der Waals surface area contributed by atoms with Gasteiger partial charge < -0.3 is 13.9 Å². The number of rotatable bonds is 4. The number of nitrogens with zero attached hydrogens (tertiary/aromatic N) is 4. The highest BCUT2D eigenvalue weighted by Gasteiger charge is 2.33. The van der Waals surface area contributed by atoms with Gasteiger partial charge in [-0.1, -0.05) is 31.0 Å². The van der Waals surface area contributed by atoms with Crippen LogP contribution in [0, 0.1) is 0 Å². The van der Waals surface area contributed by atoms with Gasteiger partial charge in [-0.25, -0.2) is 4.98 Å². The first kappa shape index (κ1) is 19.5. The molecule has 1 aliphatic heterocycles. The van der Waals surface area contributed by atoms with Gasteiger partial charge in [-0.15, -0.1) is 0 Å². The van der Waals surface area contributed by atoms with E-state index in [0.717, 1.165) is 36.0 Å². The van der Waals surface area contributed by atoms with Gasteiger partial charge in [-0.05, 0) is 43.2 Å². The first-order valence-corrected chi connectivity index (χ1v) is 11.1. The van der Waals surface area contributed by atoms with Crippen molar-refractivity contribution < 1.29 is 17.6 Å². The van der Waals surface area contributed by atoms with Crippen molar-refractivity contribution >= 4 is 33.9 Å². The number of furan rings is 1. The summed E-state index contributed by atoms with van der Waals surface area (Å²) in [6.07, 6.45) is 3.24. The van der Waals surface area contributed by atoms with Crippen molar-refractivity contribution in [2.45, 2.75) is 50.9 Å². The van der Waals surface area contributed by atoms with E-state index in [1.165, 1.54) is 25.3 Å². The predicted molar refractivity (Wildman–Crippen MR) is 111 cm³/mol. The summed E-state index contributed by atoms with van der Waals surface area (Å²) in [6.45, 7) is 0.356. The Morgan fingerprint density at radius 3 is 2.67 bits per heavy atom. The molecule has 1 aromatic carbocycles. The summed E-state index contributed by atoms with van der Waals surface area (Å²) in [5.74, 6) is 2.00. The third-order valence-corrected chi connectivity index (χ3v) is 6.73. The van der Waals surface area contributed by atoms with Crippen LogP contribution in [0.25, 0.3) is 11.0 Å². The molecular formula is C21H21F3N4OS. The first-order valence-electron chi connectivity index (χ1n) is 10.1. The third-order valence-electron chi connectivity index (χ3n) is 5.74. The minimum absolute atomic E-state index is 0.282. The van der Waals surface area contributed by atoms with Gasteiger partial charge in [0, 0.05) is 6.04 Å². The van der Waals surface area contributed by atoms with Gasteiger partial charge in [0.1, 0.15) is 5.76 Å². The molecule has 0 N–H and O–H groups in total. The maximum atomic E-state index is 13.2. The fourth-order valence-electron chi connectivity index (χ4n) is 4.13. The number of hydrogen-bond acceptors (Lipinski definition) is 4. The Bertz CT molecular complexity index is 1070. The van der Waals surface area contributed by atoms with Crippen LogP contribution in [0.3, 0.4) is 0 Å². The molecule has 1 aliphatic carbocycles. The van der Waals surface area contributed by atoms with E-state index in [0.29, 0.717) is 29.8 Å². The lowest BCUT2D eigenvalue weighted by Gasteiger charge is -2.42. The Kier molecular flexibility index (Phi) is 5.00. The molecule has 2 aliphatic rings. The van der Waals surface area contributed by atoms with Crippen molar-refractivity contribution in [3.05, 3.63) is 47.9 Å². The number of halogens is 3. The summed E-state index contributed by atoms with van der Waals surface area (Å²) in [7, 11) is 0. The van der Waals surface area contributed by atoms with Crippen LogP contribution in [0.2, 0.25) is 0 Å². The highest BCUT2D eigenvalue weighted by atomic mass is 32.2. The van der Waals surface area contributed by atoms with E-state index in [9.17, 15) is 13.2 Å². The quantitative estimate of drug-likeness (QED) is 0.504. The number of thioether (sulfide) groups is 1. The molecule has 9 heteroatoms. The van der Waals surface area contributed by atoms with E-state index in [4.69, 9.17) is 9.41 Å². The summed E-state index contributed by atoms with van der Waals surface area (Å²) in [5, 5.41) is 0.897. The zero-order valence-corrected chi connectivity index (χ0v) is 17.0. The van der Waals surface area contributed by atoms with Crippen LogP contribution in [0.1, 0.15) is 43.4 Å². The van der Waals surface area contributed by atoms with E-state index >= 15 is 0 Å². The Morgan fingerprint density at radius 2 is 2.00 bits per heavy atom. The summed E-state index contributed by atoms with van der Waals surface area (Å²) >= 11 is 1.66. The molecule has 0 bridgehead atoms. The molecule has 158 valence electrons. The molecule has 1 saturated carbocycles. The summed E-state index contributed by atoms with van der Waals surface area (Å²) in [4.78, 5) is 11.5. The maximum Gasteiger partial charge on any atom is 0.416 e. The molecule has 0 spiro atoms. The molecule has 2 aromatic heterocycles. The van der Waals surface area contributed by atoms with Crippen molar-refractivity contribution in [2.75, 3.05) is 5.88 Å². The molecule has 5 rings (SSSR count). The van der Waals surface area contributed by atoms with Crippen LogP contribution >= 0.6 is 11.8 Å². The first-order chi connectivity index (χ1) is 14.5. The predicted octanol–water partition coefficient (Wildman–Crippen LogP) is 6.02. The number of amidine groups is 1. The van der Waals surface area contributed by atoms with Gasteiger partial charge in [0.15, 0.2) is 5.17 Å². The SMILES string of the molecule is FC(F)(F)c1ccc2c(c1)nc(/N=C1\SCN1C1CCCCC1)n2Cc1ccco1. The van der Waals surface area contributed by atoms with E-state index in [1.54, 1.807) is 24.1 Å². The molecule has 0 atom stereocenters.